The van der Waals surface area contributed by atoms with Gasteiger partial charge in [-0.05, 0) is 31.3 Å². The zero-order valence-electron chi connectivity index (χ0n) is 13.6. The molecule has 0 unspecified atom stereocenters. The van der Waals surface area contributed by atoms with Crippen molar-refractivity contribution in [2.75, 3.05) is 14.2 Å². The molecule has 120 valence electrons. The minimum absolute atomic E-state index is 0.623. The first-order valence-corrected chi connectivity index (χ1v) is 7.39. The fraction of sp³-hybridized carbons (Fsp3) is 0.294. The molecule has 2 aromatic heterocycles. The number of hydrogen-bond donors (Lipinski definition) is 0. The highest BCUT2D eigenvalue weighted by molar-refractivity contribution is 5.54. The second-order valence-electron chi connectivity index (χ2n) is 5.57. The number of benzene rings is 1. The summed E-state index contributed by atoms with van der Waals surface area (Å²) < 4.78 is 12.5. The van der Waals surface area contributed by atoms with E-state index in [4.69, 9.17) is 9.15 Å². The number of aromatic nitrogens is 3. The van der Waals surface area contributed by atoms with Crippen LogP contribution in [-0.2, 0) is 20.1 Å². The minimum atomic E-state index is 0.623. The molecule has 6 heteroatoms. The number of oxazole rings is 1. The summed E-state index contributed by atoms with van der Waals surface area (Å²) in [7, 11) is 5.62. The molecule has 0 radical (unpaired) electrons. The fourth-order valence-electron chi connectivity index (χ4n) is 2.44. The van der Waals surface area contributed by atoms with Gasteiger partial charge in [0.2, 0.25) is 5.89 Å². The molecule has 0 fully saturated rings. The molecule has 0 atom stereocenters. The summed E-state index contributed by atoms with van der Waals surface area (Å²) in [5, 5.41) is 4.18. The lowest BCUT2D eigenvalue weighted by atomic mass is 10.2. The number of aryl methyl sites for hydroxylation is 1. The van der Waals surface area contributed by atoms with E-state index in [2.05, 4.69) is 22.0 Å². The summed E-state index contributed by atoms with van der Waals surface area (Å²) in [6, 6.07) is 7.67. The fourth-order valence-corrected chi connectivity index (χ4v) is 2.44. The molecule has 2 heterocycles. The van der Waals surface area contributed by atoms with Crippen molar-refractivity contribution in [3.63, 3.8) is 0 Å². The molecule has 3 aromatic rings. The standard InChI is InChI=1S/C17H20N4O2/c1-20(9-13-8-18-21(2)10-13)11-15-12-23-17(19-15)14-4-6-16(22-3)7-5-14/h4-8,10,12H,9,11H2,1-3H3. The summed E-state index contributed by atoms with van der Waals surface area (Å²) in [5.74, 6) is 1.44. The smallest absolute Gasteiger partial charge is 0.226 e. The van der Waals surface area contributed by atoms with Gasteiger partial charge < -0.3 is 9.15 Å². The van der Waals surface area contributed by atoms with E-state index in [0.717, 1.165) is 23.6 Å². The van der Waals surface area contributed by atoms with Gasteiger partial charge in [0.05, 0.1) is 19.0 Å². The molecule has 0 aliphatic carbocycles. The van der Waals surface area contributed by atoms with Crippen LogP contribution in [0.25, 0.3) is 11.5 Å². The van der Waals surface area contributed by atoms with E-state index in [9.17, 15) is 0 Å². The number of methoxy groups -OCH3 is 1. The van der Waals surface area contributed by atoms with Gasteiger partial charge in [0.25, 0.3) is 0 Å². The van der Waals surface area contributed by atoms with Crippen LogP contribution < -0.4 is 4.74 Å². The van der Waals surface area contributed by atoms with E-state index in [-0.39, 0.29) is 0 Å². The van der Waals surface area contributed by atoms with Gasteiger partial charge in [-0.25, -0.2) is 4.98 Å². The highest BCUT2D eigenvalue weighted by atomic mass is 16.5. The monoisotopic (exact) mass is 312 g/mol. The Morgan fingerprint density at radius 3 is 2.65 bits per heavy atom. The summed E-state index contributed by atoms with van der Waals surface area (Å²) in [4.78, 5) is 6.73. The van der Waals surface area contributed by atoms with Crippen molar-refractivity contribution < 1.29 is 9.15 Å². The molecule has 3 rings (SSSR count). The molecular weight excluding hydrogens is 292 g/mol. The molecule has 0 saturated carbocycles. The van der Waals surface area contributed by atoms with Crippen LogP contribution in [0, 0.1) is 0 Å². The van der Waals surface area contributed by atoms with Crippen LogP contribution in [-0.4, -0.2) is 33.8 Å². The third-order valence-electron chi connectivity index (χ3n) is 3.53. The lowest BCUT2D eigenvalue weighted by Gasteiger charge is -2.13. The van der Waals surface area contributed by atoms with Crippen LogP contribution in [0.2, 0.25) is 0 Å². The third kappa shape index (κ3) is 3.78. The van der Waals surface area contributed by atoms with Crippen LogP contribution in [0.4, 0.5) is 0 Å². The largest absolute Gasteiger partial charge is 0.497 e. The Morgan fingerprint density at radius 1 is 1.22 bits per heavy atom. The van der Waals surface area contributed by atoms with E-state index in [1.807, 2.05) is 43.7 Å². The zero-order valence-corrected chi connectivity index (χ0v) is 13.6. The highest BCUT2D eigenvalue weighted by Crippen LogP contribution is 2.22. The molecule has 0 saturated heterocycles. The normalized spacial score (nSPS) is 11.1. The molecule has 6 nitrogen and oxygen atoms in total. The predicted octanol–water partition coefficient (Wildman–Crippen LogP) is 2.72. The van der Waals surface area contributed by atoms with Gasteiger partial charge in [-0.2, -0.15) is 5.10 Å². The second-order valence-corrected chi connectivity index (χ2v) is 5.57. The van der Waals surface area contributed by atoms with Gasteiger partial charge in [0.15, 0.2) is 0 Å². The van der Waals surface area contributed by atoms with Crippen molar-refractivity contribution in [2.45, 2.75) is 13.1 Å². The summed E-state index contributed by atoms with van der Waals surface area (Å²) in [6.07, 6.45) is 5.60. The molecular formula is C17H20N4O2. The third-order valence-corrected chi connectivity index (χ3v) is 3.53. The predicted molar refractivity (Wildman–Crippen MR) is 86.9 cm³/mol. The molecule has 0 amide bonds. The maximum absolute atomic E-state index is 5.58. The van der Waals surface area contributed by atoms with Crippen LogP contribution in [0.15, 0.2) is 47.3 Å². The van der Waals surface area contributed by atoms with Crippen molar-refractivity contribution in [3.8, 4) is 17.2 Å². The van der Waals surface area contributed by atoms with Crippen LogP contribution >= 0.6 is 0 Å². The quantitative estimate of drug-likeness (QED) is 0.700. The highest BCUT2D eigenvalue weighted by Gasteiger charge is 2.10. The molecule has 0 aliphatic heterocycles. The number of ether oxygens (including phenoxy) is 1. The van der Waals surface area contributed by atoms with Crippen molar-refractivity contribution in [2.24, 2.45) is 7.05 Å². The average Bonchev–Trinajstić information content (AvgIpc) is 3.16. The number of hydrogen-bond acceptors (Lipinski definition) is 5. The summed E-state index contributed by atoms with van der Waals surface area (Å²) >= 11 is 0. The van der Waals surface area contributed by atoms with Gasteiger partial charge in [0.1, 0.15) is 12.0 Å². The van der Waals surface area contributed by atoms with Crippen LogP contribution in [0.1, 0.15) is 11.3 Å². The molecule has 0 N–H and O–H groups in total. The van der Waals surface area contributed by atoms with Crippen LogP contribution in [0.5, 0.6) is 5.75 Å². The maximum atomic E-state index is 5.58. The van der Waals surface area contributed by atoms with Crippen molar-refractivity contribution >= 4 is 0 Å². The number of rotatable bonds is 6. The Morgan fingerprint density at radius 2 is 2.00 bits per heavy atom. The first-order chi connectivity index (χ1) is 11.1. The van der Waals surface area contributed by atoms with Crippen molar-refractivity contribution in [1.82, 2.24) is 19.7 Å². The van der Waals surface area contributed by atoms with Crippen LogP contribution in [0.3, 0.4) is 0 Å². The first kappa shape index (κ1) is 15.3. The van der Waals surface area contributed by atoms with E-state index < -0.39 is 0 Å². The van der Waals surface area contributed by atoms with Crippen molar-refractivity contribution in [3.05, 3.63) is 54.2 Å². The Balaban J connectivity index is 1.64. The Labute approximate surface area is 135 Å². The molecule has 0 aliphatic rings. The van der Waals surface area contributed by atoms with Gasteiger partial charge in [-0.1, -0.05) is 0 Å². The Bertz CT molecular complexity index is 761. The average molecular weight is 312 g/mol. The Kier molecular flexibility index (Phi) is 4.43. The summed E-state index contributed by atoms with van der Waals surface area (Å²) in [6.45, 7) is 1.53. The van der Waals surface area contributed by atoms with Gasteiger partial charge in [-0.15, -0.1) is 0 Å². The van der Waals surface area contributed by atoms with Gasteiger partial charge >= 0.3 is 0 Å². The Hall–Kier alpha value is -2.60. The maximum Gasteiger partial charge on any atom is 0.226 e. The molecule has 1 aromatic carbocycles. The van der Waals surface area contributed by atoms with E-state index in [0.29, 0.717) is 12.4 Å². The molecule has 0 bridgehead atoms. The first-order valence-electron chi connectivity index (χ1n) is 7.39. The lowest BCUT2D eigenvalue weighted by molar-refractivity contribution is 0.314. The van der Waals surface area contributed by atoms with E-state index in [1.54, 1.807) is 18.1 Å². The topological polar surface area (TPSA) is 56.3 Å². The van der Waals surface area contributed by atoms with Gasteiger partial charge in [-0.3, -0.25) is 9.58 Å². The molecule has 0 spiro atoms. The van der Waals surface area contributed by atoms with Gasteiger partial charge in [0, 0.05) is 37.5 Å². The van der Waals surface area contributed by atoms with E-state index >= 15 is 0 Å². The van der Waals surface area contributed by atoms with Crippen molar-refractivity contribution in [1.29, 1.82) is 0 Å². The second kappa shape index (κ2) is 6.66. The minimum Gasteiger partial charge on any atom is -0.497 e. The zero-order chi connectivity index (χ0) is 16.2. The van der Waals surface area contributed by atoms with E-state index in [1.165, 1.54) is 5.56 Å². The SMILES string of the molecule is COc1ccc(-c2nc(CN(C)Cc3cnn(C)c3)co2)cc1. The summed E-state index contributed by atoms with van der Waals surface area (Å²) in [5.41, 5.74) is 3.02. The lowest BCUT2D eigenvalue weighted by Crippen LogP contribution is -2.17. The molecule has 23 heavy (non-hydrogen) atoms. The number of nitrogens with zero attached hydrogens (tertiary/aromatic N) is 4.